The number of hydrogen-bond donors (Lipinski definition) is 0. The van der Waals surface area contributed by atoms with E-state index in [9.17, 15) is 27.4 Å². The van der Waals surface area contributed by atoms with Gasteiger partial charge in [0.05, 0.1) is 21.6 Å². The smallest absolute Gasteiger partial charge is 0.345 e. The third kappa shape index (κ3) is 10.3. The quantitative estimate of drug-likeness (QED) is 0.0733. The molecule has 0 saturated carbocycles. The van der Waals surface area contributed by atoms with Gasteiger partial charge in [-0.05, 0) is 235 Å². The Balaban J connectivity index is 1.66. The van der Waals surface area contributed by atoms with Gasteiger partial charge < -0.3 is 18.8 Å². The van der Waals surface area contributed by atoms with Crippen LogP contribution in [0.5, 0.6) is 11.5 Å². The highest BCUT2D eigenvalue weighted by molar-refractivity contribution is 14.1. The number of esters is 3. The summed E-state index contributed by atoms with van der Waals surface area (Å²) < 4.78 is 56.6. The monoisotopic (exact) mass is 1540 g/mol. The molecule has 9 nitrogen and oxygen atoms in total. The zero-order chi connectivity index (χ0) is 34.1. The van der Waals surface area contributed by atoms with Gasteiger partial charge in [-0.1, -0.05) is 0 Å². The predicted octanol–water partition coefficient (Wildman–Crippen LogP) is 9.22. The van der Waals surface area contributed by atoms with Crippen molar-refractivity contribution in [3.05, 3.63) is 105 Å². The Bertz CT molecular complexity index is 1870. The van der Waals surface area contributed by atoms with Crippen molar-refractivity contribution in [2.45, 2.75) is 11.5 Å². The maximum absolute atomic E-state index is 13.3. The molecule has 0 saturated heterocycles. The highest BCUT2D eigenvalue weighted by atomic mass is 127. The first-order chi connectivity index (χ1) is 21.4. The normalized spacial score (nSPS) is 11.2. The summed E-state index contributed by atoms with van der Waals surface area (Å²) in [6.07, 6.45) is 0. The number of rotatable bonds is 8. The van der Waals surface area contributed by atoms with Gasteiger partial charge >= 0.3 is 17.9 Å². The summed E-state index contributed by atoms with van der Waals surface area (Å²) in [6.45, 7) is -0.319. The van der Waals surface area contributed by atoms with E-state index >= 15 is 0 Å². The van der Waals surface area contributed by atoms with Crippen molar-refractivity contribution >= 4 is 209 Å². The number of carbonyl (C=O) groups is 3. The summed E-state index contributed by atoms with van der Waals surface area (Å²) in [5, 5.41) is 0. The van der Waals surface area contributed by atoms with Crippen LogP contribution in [-0.4, -0.2) is 30.9 Å². The molecule has 0 heterocycles. The molecule has 0 N–H and O–H groups in total. The van der Waals surface area contributed by atoms with E-state index in [2.05, 4.69) is 136 Å². The second kappa shape index (κ2) is 17.0. The number of halogens is 8. The van der Waals surface area contributed by atoms with E-state index in [1.165, 1.54) is 30.3 Å². The molecule has 4 aromatic carbocycles. The Morgan fingerprint density at radius 1 is 0.565 bits per heavy atom. The Labute approximate surface area is 372 Å². The van der Waals surface area contributed by atoms with E-state index in [1.807, 2.05) is 24.3 Å². The number of ether oxygens (including phenoxy) is 3. The van der Waals surface area contributed by atoms with Crippen molar-refractivity contribution in [3.8, 4) is 11.5 Å². The first-order valence-electron chi connectivity index (χ1n) is 11.9. The lowest BCUT2D eigenvalue weighted by Gasteiger charge is -2.14. The maximum Gasteiger partial charge on any atom is 0.345 e. The molecule has 0 amide bonds. The zero-order valence-electron chi connectivity index (χ0n) is 22.0. The summed E-state index contributed by atoms with van der Waals surface area (Å²) in [6, 6.07) is 14.2. The van der Waals surface area contributed by atoms with E-state index in [1.54, 1.807) is 45.2 Å². The molecule has 0 unspecified atom stereocenters. The van der Waals surface area contributed by atoms with Gasteiger partial charge in [0.2, 0.25) is 0 Å². The largest absolute Gasteiger partial charge is 0.744 e. The van der Waals surface area contributed by atoms with Gasteiger partial charge in [0.25, 0.3) is 0 Å². The minimum absolute atomic E-state index is 0.0288. The standard InChI is InChI=1S/C28H12I8O9S/c29-13-5-17(31)23(18(32)6-13)27(38)44-15-1-11(2-16(9-15)45-28(39)24-19(33)7-14(30)8-20(24)34)10-43-26(37)12-3-21(35)25(22(36)4-12)46(40,41)42/h1-9H,10H2,(H,40,41,42)/p-1. The Morgan fingerprint density at radius 2 is 0.957 bits per heavy atom. The van der Waals surface area contributed by atoms with Crippen LogP contribution in [0.2, 0.25) is 0 Å². The molecule has 240 valence electrons. The van der Waals surface area contributed by atoms with Crippen molar-refractivity contribution in [1.82, 2.24) is 0 Å². The molecule has 46 heavy (non-hydrogen) atoms. The lowest BCUT2D eigenvalue weighted by Crippen LogP contribution is -2.15. The molecule has 0 aliphatic carbocycles. The van der Waals surface area contributed by atoms with Gasteiger partial charge in [-0.2, -0.15) is 0 Å². The van der Waals surface area contributed by atoms with Crippen LogP contribution >= 0.6 is 181 Å². The minimum atomic E-state index is -4.75. The van der Waals surface area contributed by atoms with Crippen molar-refractivity contribution < 1.29 is 41.6 Å². The molecule has 0 fully saturated rings. The maximum atomic E-state index is 13.3. The summed E-state index contributed by atoms with van der Waals surface area (Å²) >= 11 is 15.9. The second-order valence-electron chi connectivity index (χ2n) is 8.88. The number of benzene rings is 4. The summed E-state index contributed by atoms with van der Waals surface area (Å²) in [4.78, 5) is 39.1. The summed E-state index contributed by atoms with van der Waals surface area (Å²) in [5.74, 6) is -1.95. The van der Waals surface area contributed by atoms with E-state index < -0.39 is 32.9 Å². The molecule has 0 radical (unpaired) electrons. The SMILES string of the molecule is O=C(OCc1cc(OC(=O)c2c(I)cc(I)cc2I)cc(OC(=O)c2c(I)cc(I)cc2I)c1)c1cc(I)c(S(=O)(=O)[O-])c(I)c1. The minimum Gasteiger partial charge on any atom is -0.744 e. The molecule has 4 rings (SSSR count). The first-order valence-corrected chi connectivity index (χ1v) is 22.0. The summed E-state index contributed by atoms with van der Waals surface area (Å²) in [7, 11) is -4.75. The van der Waals surface area contributed by atoms with E-state index in [0.717, 1.165) is 7.14 Å². The molecule has 0 atom stereocenters. The predicted molar refractivity (Wildman–Crippen MR) is 235 cm³/mol. The van der Waals surface area contributed by atoms with Gasteiger partial charge in [-0.3, -0.25) is 0 Å². The first kappa shape index (κ1) is 39.8. The van der Waals surface area contributed by atoms with Crippen molar-refractivity contribution in [2.75, 3.05) is 0 Å². The molecule has 0 aliphatic rings. The molecule has 18 heteroatoms. The molecule has 0 aliphatic heterocycles. The van der Waals surface area contributed by atoms with Gasteiger partial charge in [0, 0.05) is 34.6 Å². The molecular weight excluding hydrogens is 1530 g/mol. The Hall–Kier alpha value is 1.04. The average molecular weight is 1540 g/mol. The molecule has 0 aromatic heterocycles. The zero-order valence-corrected chi connectivity index (χ0v) is 40.1. The van der Waals surface area contributed by atoms with Gasteiger partial charge in [0.15, 0.2) is 0 Å². The van der Waals surface area contributed by atoms with Crippen LogP contribution in [0.25, 0.3) is 0 Å². The van der Waals surface area contributed by atoms with Crippen LogP contribution in [0.4, 0.5) is 0 Å². The van der Waals surface area contributed by atoms with Crippen LogP contribution in [0.1, 0.15) is 36.6 Å². The van der Waals surface area contributed by atoms with E-state index in [4.69, 9.17) is 14.2 Å². The fraction of sp³-hybridized carbons (Fsp3) is 0.0357. The Kier molecular flexibility index (Phi) is 14.7. The number of carbonyl (C=O) groups excluding carboxylic acids is 3. The topological polar surface area (TPSA) is 136 Å². The third-order valence-corrected chi connectivity index (χ3v) is 13.7. The van der Waals surface area contributed by atoms with Gasteiger partial charge in [0.1, 0.15) is 28.2 Å². The van der Waals surface area contributed by atoms with Crippen LogP contribution in [0.3, 0.4) is 0 Å². The molecule has 0 spiro atoms. The highest BCUT2D eigenvalue weighted by Crippen LogP contribution is 2.31. The van der Waals surface area contributed by atoms with Crippen molar-refractivity contribution in [3.63, 3.8) is 0 Å². The van der Waals surface area contributed by atoms with Crippen molar-refractivity contribution in [1.29, 1.82) is 0 Å². The van der Waals surface area contributed by atoms with Crippen LogP contribution in [0, 0.1) is 28.6 Å². The van der Waals surface area contributed by atoms with Crippen molar-refractivity contribution in [2.24, 2.45) is 0 Å². The van der Waals surface area contributed by atoms with Crippen LogP contribution < -0.4 is 9.47 Å². The average Bonchev–Trinajstić information content (AvgIpc) is 2.89. The third-order valence-electron chi connectivity index (χ3n) is 5.64. The van der Waals surface area contributed by atoms with Gasteiger partial charge in [-0.25, -0.2) is 22.8 Å². The highest BCUT2D eigenvalue weighted by Gasteiger charge is 2.22. The fourth-order valence-electron chi connectivity index (χ4n) is 3.77. The van der Waals surface area contributed by atoms with E-state index in [0.29, 0.717) is 31.0 Å². The lowest BCUT2D eigenvalue weighted by molar-refractivity contribution is 0.0469. The lowest BCUT2D eigenvalue weighted by atomic mass is 10.2. The molecule has 4 aromatic rings. The van der Waals surface area contributed by atoms with Crippen LogP contribution in [-0.2, 0) is 21.5 Å². The fourth-order valence-corrected chi connectivity index (χ4v) is 15.8. The van der Waals surface area contributed by atoms with Crippen LogP contribution in [0.15, 0.2) is 59.5 Å². The van der Waals surface area contributed by atoms with Gasteiger partial charge in [-0.15, -0.1) is 0 Å². The molecule has 0 bridgehead atoms. The number of hydrogen-bond acceptors (Lipinski definition) is 9. The molecular formula is C28H11I8O9S-. The second-order valence-corrected chi connectivity index (χ2v) is 19.7. The Morgan fingerprint density at radius 3 is 1.33 bits per heavy atom. The van der Waals surface area contributed by atoms with E-state index in [-0.39, 0.29) is 30.8 Å². The summed E-state index contributed by atoms with van der Waals surface area (Å²) in [5.41, 5.74) is 1.10.